The molecule has 0 aliphatic carbocycles. The quantitative estimate of drug-likeness (QED) is 0.825. The number of esters is 1. The minimum atomic E-state index is -0.381. The highest BCUT2D eigenvalue weighted by Gasteiger charge is 2.28. The number of hydrogen-bond acceptors (Lipinski definition) is 4. The Morgan fingerprint density at radius 3 is 2.71 bits per heavy atom. The Morgan fingerprint density at radius 2 is 2.05 bits per heavy atom. The number of rotatable bonds is 5. The second kappa shape index (κ2) is 7.22. The van der Waals surface area contributed by atoms with Gasteiger partial charge in [-0.15, -0.1) is 0 Å². The first-order chi connectivity index (χ1) is 10.2. The van der Waals surface area contributed by atoms with Crippen LogP contribution in [0.1, 0.15) is 24.5 Å². The molecule has 1 aliphatic heterocycles. The summed E-state index contributed by atoms with van der Waals surface area (Å²) < 4.78 is 4.67. The van der Waals surface area contributed by atoms with E-state index < -0.39 is 0 Å². The third kappa shape index (κ3) is 3.82. The fourth-order valence-corrected chi connectivity index (χ4v) is 2.61. The molecule has 0 spiro atoms. The molecule has 1 N–H and O–H groups in total. The van der Waals surface area contributed by atoms with Crippen LogP contribution < -0.4 is 5.32 Å². The van der Waals surface area contributed by atoms with Crippen LogP contribution in [0.3, 0.4) is 0 Å². The molecule has 5 heteroatoms. The zero-order chi connectivity index (χ0) is 15.2. The highest BCUT2D eigenvalue weighted by molar-refractivity contribution is 5.86. The summed E-state index contributed by atoms with van der Waals surface area (Å²) in [6.07, 6.45) is 1.47. The number of nitrogens with one attached hydrogen (secondary N) is 1. The Labute approximate surface area is 125 Å². The van der Waals surface area contributed by atoms with E-state index >= 15 is 0 Å². The molecule has 5 nitrogen and oxygen atoms in total. The standard InChI is InChI=1S/C16H22N2O3/c1-3-8-18(11-15(19)21-2)16(20)14-9-12-6-4-5-7-13(12)10-17-14/h4-7,14,17H,3,8-11H2,1-2H3. The van der Waals surface area contributed by atoms with Gasteiger partial charge in [-0.25, -0.2) is 0 Å². The van der Waals surface area contributed by atoms with Gasteiger partial charge < -0.3 is 15.0 Å². The normalized spacial score (nSPS) is 17.0. The van der Waals surface area contributed by atoms with Gasteiger partial charge in [0.1, 0.15) is 6.54 Å². The van der Waals surface area contributed by atoms with Gasteiger partial charge in [-0.3, -0.25) is 9.59 Å². The molecule has 0 fully saturated rings. The van der Waals surface area contributed by atoms with Crippen LogP contribution in [0.2, 0.25) is 0 Å². The Hall–Kier alpha value is -1.88. The molecular formula is C16H22N2O3. The Kier molecular flexibility index (Phi) is 5.33. The van der Waals surface area contributed by atoms with Crippen LogP contribution in [0.5, 0.6) is 0 Å². The molecule has 1 unspecified atom stereocenters. The number of amides is 1. The average molecular weight is 290 g/mol. The summed E-state index contributed by atoms with van der Waals surface area (Å²) in [4.78, 5) is 25.6. The fourth-order valence-electron chi connectivity index (χ4n) is 2.61. The minimum absolute atomic E-state index is 0.0169. The maximum Gasteiger partial charge on any atom is 0.325 e. The van der Waals surface area contributed by atoms with Gasteiger partial charge >= 0.3 is 5.97 Å². The lowest BCUT2D eigenvalue weighted by Gasteiger charge is -2.30. The van der Waals surface area contributed by atoms with Crippen molar-refractivity contribution in [1.29, 1.82) is 0 Å². The lowest BCUT2D eigenvalue weighted by Crippen LogP contribution is -2.51. The topological polar surface area (TPSA) is 58.6 Å². The first-order valence-corrected chi connectivity index (χ1v) is 7.31. The van der Waals surface area contributed by atoms with Gasteiger partial charge in [0.05, 0.1) is 13.2 Å². The van der Waals surface area contributed by atoms with Crippen molar-refractivity contribution in [3.05, 3.63) is 35.4 Å². The third-order valence-electron chi connectivity index (χ3n) is 3.73. The number of fused-ring (bicyclic) bond motifs is 1. The molecule has 2 rings (SSSR count). The Bertz CT molecular complexity index is 516. The van der Waals surface area contributed by atoms with Crippen molar-refractivity contribution in [3.8, 4) is 0 Å². The van der Waals surface area contributed by atoms with Gasteiger partial charge in [-0.05, 0) is 24.0 Å². The molecule has 0 saturated heterocycles. The van der Waals surface area contributed by atoms with Crippen LogP contribution in [0.4, 0.5) is 0 Å². The number of ether oxygens (including phenoxy) is 1. The number of benzene rings is 1. The Balaban J connectivity index is 2.06. The molecular weight excluding hydrogens is 268 g/mol. The predicted octanol–water partition coefficient (Wildman–Crippen LogP) is 1.11. The van der Waals surface area contributed by atoms with Crippen LogP contribution in [0.25, 0.3) is 0 Å². The number of hydrogen-bond donors (Lipinski definition) is 1. The summed E-state index contributed by atoms with van der Waals surface area (Å²) in [5.74, 6) is -0.412. The summed E-state index contributed by atoms with van der Waals surface area (Å²) in [5.41, 5.74) is 2.43. The fraction of sp³-hybridized carbons (Fsp3) is 0.500. The SMILES string of the molecule is CCCN(CC(=O)OC)C(=O)C1Cc2ccccc2CN1. The maximum absolute atomic E-state index is 12.6. The van der Waals surface area contributed by atoms with E-state index in [1.807, 2.05) is 19.1 Å². The molecule has 21 heavy (non-hydrogen) atoms. The van der Waals surface area contributed by atoms with Crippen molar-refractivity contribution >= 4 is 11.9 Å². The van der Waals surface area contributed by atoms with Crippen LogP contribution in [0, 0.1) is 0 Å². The summed E-state index contributed by atoms with van der Waals surface area (Å²) in [5, 5.41) is 3.26. The van der Waals surface area contributed by atoms with Crippen molar-refractivity contribution in [1.82, 2.24) is 10.2 Å². The summed E-state index contributed by atoms with van der Waals surface area (Å²) >= 11 is 0. The number of nitrogens with zero attached hydrogens (tertiary/aromatic N) is 1. The van der Waals surface area contributed by atoms with E-state index in [9.17, 15) is 9.59 Å². The van der Waals surface area contributed by atoms with Crippen LogP contribution >= 0.6 is 0 Å². The Morgan fingerprint density at radius 1 is 1.33 bits per heavy atom. The summed E-state index contributed by atoms with van der Waals surface area (Å²) in [6, 6.07) is 7.85. The van der Waals surface area contributed by atoms with E-state index in [-0.39, 0.29) is 24.5 Å². The summed E-state index contributed by atoms with van der Waals surface area (Å²) in [7, 11) is 1.34. The van der Waals surface area contributed by atoms with Crippen LogP contribution in [0.15, 0.2) is 24.3 Å². The second-order valence-corrected chi connectivity index (χ2v) is 5.24. The van der Waals surface area contributed by atoms with Crippen LogP contribution in [-0.4, -0.2) is 43.0 Å². The maximum atomic E-state index is 12.6. The zero-order valence-corrected chi connectivity index (χ0v) is 12.6. The molecule has 0 saturated carbocycles. The summed E-state index contributed by atoms with van der Waals surface area (Å²) in [6.45, 7) is 3.25. The van der Waals surface area contributed by atoms with E-state index in [1.165, 1.54) is 18.2 Å². The third-order valence-corrected chi connectivity index (χ3v) is 3.73. The van der Waals surface area contributed by atoms with Crippen molar-refractivity contribution in [2.75, 3.05) is 20.2 Å². The lowest BCUT2D eigenvalue weighted by atomic mass is 9.95. The molecule has 1 aromatic rings. The van der Waals surface area contributed by atoms with Gasteiger partial charge in [-0.2, -0.15) is 0 Å². The molecule has 1 heterocycles. The van der Waals surface area contributed by atoms with E-state index in [4.69, 9.17) is 0 Å². The van der Waals surface area contributed by atoms with Gasteiger partial charge in [0, 0.05) is 13.1 Å². The van der Waals surface area contributed by atoms with E-state index in [0.29, 0.717) is 19.5 Å². The number of methoxy groups -OCH3 is 1. The van der Waals surface area contributed by atoms with Crippen molar-refractivity contribution in [2.45, 2.75) is 32.4 Å². The first-order valence-electron chi connectivity index (χ1n) is 7.31. The van der Waals surface area contributed by atoms with Gasteiger partial charge in [0.15, 0.2) is 0 Å². The molecule has 1 aromatic carbocycles. The van der Waals surface area contributed by atoms with Gasteiger partial charge in [-0.1, -0.05) is 31.2 Å². The molecule has 0 radical (unpaired) electrons. The highest BCUT2D eigenvalue weighted by Crippen LogP contribution is 2.17. The largest absolute Gasteiger partial charge is 0.468 e. The first kappa shape index (κ1) is 15.5. The number of carbonyl (C=O) groups excluding carboxylic acids is 2. The highest BCUT2D eigenvalue weighted by atomic mass is 16.5. The molecule has 1 aliphatic rings. The van der Waals surface area contributed by atoms with Crippen molar-refractivity contribution in [3.63, 3.8) is 0 Å². The van der Waals surface area contributed by atoms with Crippen molar-refractivity contribution in [2.24, 2.45) is 0 Å². The van der Waals surface area contributed by atoms with Gasteiger partial charge in [0.2, 0.25) is 5.91 Å². The van der Waals surface area contributed by atoms with E-state index in [2.05, 4.69) is 22.2 Å². The number of carbonyl (C=O) groups is 2. The van der Waals surface area contributed by atoms with E-state index in [1.54, 1.807) is 4.90 Å². The van der Waals surface area contributed by atoms with E-state index in [0.717, 1.165) is 6.42 Å². The van der Waals surface area contributed by atoms with Crippen LogP contribution in [-0.2, 0) is 27.3 Å². The average Bonchev–Trinajstić information content (AvgIpc) is 2.53. The van der Waals surface area contributed by atoms with Crippen molar-refractivity contribution < 1.29 is 14.3 Å². The zero-order valence-electron chi connectivity index (χ0n) is 12.6. The monoisotopic (exact) mass is 290 g/mol. The predicted molar refractivity (Wildman–Crippen MR) is 79.7 cm³/mol. The second-order valence-electron chi connectivity index (χ2n) is 5.24. The lowest BCUT2D eigenvalue weighted by molar-refractivity contribution is -0.147. The van der Waals surface area contributed by atoms with Gasteiger partial charge in [0.25, 0.3) is 0 Å². The molecule has 1 amide bonds. The molecule has 0 aromatic heterocycles. The minimum Gasteiger partial charge on any atom is -0.468 e. The molecule has 114 valence electrons. The molecule has 0 bridgehead atoms. The smallest absolute Gasteiger partial charge is 0.325 e. The molecule has 1 atom stereocenters.